The molecule has 0 atom stereocenters. The maximum absolute atomic E-state index is 9.67. The van der Waals surface area contributed by atoms with Crippen molar-refractivity contribution in [3.63, 3.8) is 0 Å². The number of halogens is 4. The number of rotatable bonds is 37. The second kappa shape index (κ2) is 40.1. The van der Waals surface area contributed by atoms with Crippen LogP contribution in [0.1, 0.15) is 192 Å². The summed E-state index contributed by atoms with van der Waals surface area (Å²) in [5, 5.41) is 0. The smallest absolute Gasteiger partial charge is 0.762 e. The summed E-state index contributed by atoms with van der Waals surface area (Å²) < 4.78 is 47.6. The second-order valence-corrected chi connectivity index (χ2v) is 16.0. The first-order chi connectivity index (χ1) is 25.7. The standard InChI is InChI=1S/C45H86NO3.BF3.FH/c1-7-10-13-25-34-47-37-28-19-16-22-31-42-40-44(46(4,5)6)41-43(32-23-17-20-29-38-48-35-26-14-11-8-2)45(42)33-24-18-21-30-39-49-36-27-15-12-9-3;2-1(3)4;/h40-41H,7-39H2,1-6H3;;1H/q+1;;/p-1. The molecule has 0 saturated carbocycles. The Morgan fingerprint density at radius 1 is 0.426 bits per heavy atom. The van der Waals surface area contributed by atoms with Crippen LogP contribution in [0.4, 0.5) is 18.6 Å². The molecular weight excluding hydrogens is 689 g/mol. The molecule has 0 saturated heterocycles. The number of hydrogen-bond donors (Lipinski definition) is 0. The highest BCUT2D eigenvalue weighted by molar-refractivity contribution is 6.33. The summed E-state index contributed by atoms with van der Waals surface area (Å²) in [5.74, 6) is 0. The van der Waals surface area contributed by atoms with E-state index >= 15 is 0 Å². The van der Waals surface area contributed by atoms with Crippen LogP contribution in [0.25, 0.3) is 0 Å². The van der Waals surface area contributed by atoms with Gasteiger partial charge in [0.25, 0.3) is 0 Å². The van der Waals surface area contributed by atoms with Gasteiger partial charge in [-0.1, -0.05) is 117 Å². The third-order valence-corrected chi connectivity index (χ3v) is 10.1. The van der Waals surface area contributed by atoms with Gasteiger partial charge in [-0.05, 0) is 93.7 Å². The minimum atomic E-state index is -3.67. The Kier molecular flexibility index (Phi) is 40.8. The summed E-state index contributed by atoms with van der Waals surface area (Å²) in [5.41, 5.74) is 6.44. The van der Waals surface area contributed by atoms with Gasteiger partial charge in [-0.25, -0.2) is 0 Å². The third-order valence-electron chi connectivity index (χ3n) is 10.1. The Bertz CT molecular complexity index is 870. The molecule has 0 N–H and O–H groups in total. The molecule has 0 amide bonds. The van der Waals surface area contributed by atoms with Crippen molar-refractivity contribution < 1.29 is 31.9 Å². The largest absolute Gasteiger partial charge is 1.00 e. The topological polar surface area (TPSA) is 27.7 Å². The van der Waals surface area contributed by atoms with Crippen molar-refractivity contribution in [2.45, 2.75) is 194 Å². The highest BCUT2D eigenvalue weighted by Crippen LogP contribution is 2.30. The van der Waals surface area contributed by atoms with Crippen molar-refractivity contribution >= 4 is 13.2 Å². The first-order valence-corrected chi connectivity index (χ1v) is 22.3. The molecule has 0 radical (unpaired) electrons. The lowest BCUT2D eigenvalue weighted by Gasteiger charge is -2.27. The summed E-state index contributed by atoms with van der Waals surface area (Å²) in [6, 6.07) is 5.14. The fraction of sp³-hybridized carbons (Fsp3) is 0.867. The maximum atomic E-state index is 9.67. The molecule has 1 aromatic rings. The van der Waals surface area contributed by atoms with E-state index in [4.69, 9.17) is 14.2 Å². The number of hydrogen-bond acceptors (Lipinski definition) is 3. The highest BCUT2D eigenvalue weighted by Gasteiger charge is 2.19. The Hall–Kier alpha value is -1.16. The summed E-state index contributed by atoms with van der Waals surface area (Å²) in [6.45, 7) is 12.5. The molecule has 1 aromatic carbocycles. The van der Waals surface area contributed by atoms with Crippen molar-refractivity contribution in [2.24, 2.45) is 0 Å². The monoisotopic (exact) mass is 776 g/mol. The summed E-state index contributed by atoms with van der Waals surface area (Å²) in [4.78, 5) is 0. The molecule has 320 valence electrons. The average molecular weight is 776 g/mol. The van der Waals surface area contributed by atoms with Crippen LogP contribution in [0, 0.1) is 0 Å². The molecule has 0 aliphatic carbocycles. The lowest BCUT2D eigenvalue weighted by Crippen LogP contribution is -3.00. The normalized spacial score (nSPS) is 11.4. The summed E-state index contributed by atoms with van der Waals surface area (Å²) >= 11 is 0. The Morgan fingerprint density at radius 3 is 0.963 bits per heavy atom. The van der Waals surface area contributed by atoms with E-state index in [1.165, 1.54) is 179 Å². The maximum Gasteiger partial charge on any atom is 0.762 e. The fourth-order valence-electron chi connectivity index (χ4n) is 6.74. The van der Waals surface area contributed by atoms with Gasteiger partial charge in [0.1, 0.15) is 5.69 Å². The SMILES string of the molecule is CCCCCCOCCCCCCc1cc([N+](C)(C)C)cc(CCCCCCOCCCCCC)c1CCCCCCOCCCCCC.FB(F)F.[F-]. The van der Waals surface area contributed by atoms with Gasteiger partial charge in [0.15, 0.2) is 0 Å². The minimum absolute atomic E-state index is 0. The average Bonchev–Trinajstić information content (AvgIpc) is 3.11. The lowest BCUT2D eigenvalue weighted by molar-refractivity contribution is -0.0000167. The highest BCUT2D eigenvalue weighted by atomic mass is 19.4. The van der Waals surface area contributed by atoms with Crippen LogP contribution < -0.4 is 9.19 Å². The van der Waals surface area contributed by atoms with Gasteiger partial charge in [-0.3, -0.25) is 17.4 Å². The van der Waals surface area contributed by atoms with Gasteiger partial charge in [0, 0.05) is 51.8 Å². The van der Waals surface area contributed by atoms with Crippen LogP contribution in [0.3, 0.4) is 0 Å². The number of benzene rings is 1. The minimum Gasteiger partial charge on any atom is -1.00 e. The Labute approximate surface area is 332 Å². The van der Waals surface area contributed by atoms with Gasteiger partial charge in [0.2, 0.25) is 0 Å². The molecule has 9 heteroatoms. The number of ether oxygens (including phenoxy) is 3. The molecule has 4 nitrogen and oxygen atoms in total. The first kappa shape index (κ1) is 54.9. The van der Waals surface area contributed by atoms with E-state index < -0.39 is 7.54 Å². The number of unbranched alkanes of at least 4 members (excludes halogenated alkanes) is 18. The zero-order valence-electron chi connectivity index (χ0n) is 36.3. The molecule has 54 heavy (non-hydrogen) atoms. The molecule has 0 heterocycles. The second-order valence-electron chi connectivity index (χ2n) is 16.0. The van der Waals surface area contributed by atoms with Crippen LogP contribution in [-0.2, 0) is 33.5 Å². The molecule has 0 aromatic heterocycles. The van der Waals surface area contributed by atoms with Gasteiger partial charge >= 0.3 is 7.54 Å². The van der Waals surface area contributed by atoms with Gasteiger partial charge in [0.05, 0.1) is 21.1 Å². The van der Waals surface area contributed by atoms with E-state index in [2.05, 4.69) is 54.0 Å². The fourth-order valence-corrected chi connectivity index (χ4v) is 6.74. The number of nitrogens with zero attached hydrogens (tertiary/aromatic N) is 1. The van der Waals surface area contributed by atoms with Crippen molar-refractivity contribution in [1.82, 2.24) is 4.48 Å². The molecule has 0 fully saturated rings. The zero-order valence-corrected chi connectivity index (χ0v) is 36.3. The predicted molar refractivity (Wildman–Crippen MR) is 226 cm³/mol. The van der Waals surface area contributed by atoms with Gasteiger partial charge in [-0.2, -0.15) is 0 Å². The Morgan fingerprint density at radius 2 is 0.685 bits per heavy atom. The van der Waals surface area contributed by atoms with E-state index in [1.54, 1.807) is 16.7 Å². The van der Waals surface area contributed by atoms with E-state index in [9.17, 15) is 12.9 Å². The van der Waals surface area contributed by atoms with Crippen LogP contribution >= 0.6 is 0 Å². The van der Waals surface area contributed by atoms with Crippen LogP contribution in [0.15, 0.2) is 12.1 Å². The van der Waals surface area contributed by atoms with Crippen LogP contribution in [0.2, 0.25) is 0 Å². The van der Waals surface area contributed by atoms with E-state index in [0.29, 0.717) is 0 Å². The van der Waals surface area contributed by atoms with E-state index in [0.717, 1.165) is 44.1 Å². The molecular formula is C45H86BF4NO3. The number of quaternary nitrogens is 1. The third kappa shape index (κ3) is 35.3. The van der Waals surface area contributed by atoms with Crippen molar-refractivity contribution in [2.75, 3.05) is 60.8 Å². The van der Waals surface area contributed by atoms with Gasteiger partial charge in [-0.15, -0.1) is 0 Å². The summed E-state index contributed by atoms with van der Waals surface area (Å²) in [6.07, 6.45) is 34.5. The van der Waals surface area contributed by atoms with Crippen molar-refractivity contribution in [3.8, 4) is 0 Å². The predicted octanol–water partition coefficient (Wildman–Crippen LogP) is 10.9. The molecule has 0 spiro atoms. The van der Waals surface area contributed by atoms with Crippen molar-refractivity contribution in [1.29, 1.82) is 0 Å². The van der Waals surface area contributed by atoms with Crippen molar-refractivity contribution in [3.05, 3.63) is 28.8 Å². The Balaban J connectivity index is 0. The van der Waals surface area contributed by atoms with Crippen LogP contribution in [0.5, 0.6) is 0 Å². The van der Waals surface area contributed by atoms with E-state index in [-0.39, 0.29) is 4.70 Å². The summed E-state index contributed by atoms with van der Waals surface area (Å²) in [7, 11) is 3.33. The van der Waals surface area contributed by atoms with Crippen LogP contribution in [-0.4, -0.2) is 68.3 Å². The lowest BCUT2D eigenvalue weighted by atomic mass is 9.89. The molecule has 0 aliphatic rings. The molecule has 0 aliphatic heterocycles. The quantitative estimate of drug-likeness (QED) is 0.0292. The molecule has 1 rings (SSSR count). The molecule has 0 bridgehead atoms. The first-order valence-electron chi connectivity index (χ1n) is 22.3. The van der Waals surface area contributed by atoms with E-state index in [1.807, 2.05) is 0 Å². The molecule has 0 unspecified atom stereocenters. The van der Waals surface area contributed by atoms with Gasteiger partial charge < -0.3 is 18.9 Å². The number of aryl methyl sites for hydroxylation is 2. The zero-order chi connectivity index (χ0) is 39.3.